The predicted octanol–water partition coefficient (Wildman–Crippen LogP) is 7.63. The van der Waals surface area contributed by atoms with E-state index in [2.05, 4.69) is 174 Å². The molecule has 0 amide bonds. The molecule has 0 saturated carbocycles. The number of nitrogens with zero attached hydrogens (tertiary/aromatic N) is 2. The molecule has 8 aromatic rings. The molecule has 0 bridgehead atoms. The zero-order chi connectivity index (χ0) is 31.9. The topological polar surface area (TPSA) is 27.1 Å². The number of hydrogen-bond donors (Lipinski definition) is 0. The minimum Gasteiger partial charge on any atom is -0.459 e. The van der Waals surface area contributed by atoms with Crippen molar-refractivity contribution in [2.75, 3.05) is 0 Å². The summed E-state index contributed by atoms with van der Waals surface area (Å²) in [5.41, 5.74) is 9.10. The van der Waals surface area contributed by atoms with E-state index in [0.29, 0.717) is 12.6 Å². The molecule has 1 aromatic heterocycles. The molecule has 0 N–H and O–H groups in total. The maximum atomic E-state index is 6.18. The Bertz CT molecular complexity index is 2360. The highest BCUT2D eigenvalue weighted by atomic mass is 28.3. The van der Waals surface area contributed by atoms with Gasteiger partial charge >= 0.3 is 6.01 Å². The zero-order valence-corrected chi connectivity index (χ0v) is 27.3. The average Bonchev–Trinajstić information content (AvgIpc) is 3.56. The van der Waals surface area contributed by atoms with Gasteiger partial charge in [-0.2, -0.15) is 4.98 Å². The maximum absolute atomic E-state index is 6.18. The molecule has 0 atom stereocenters. The van der Waals surface area contributed by atoms with Crippen molar-refractivity contribution in [1.82, 2.24) is 9.55 Å². The summed E-state index contributed by atoms with van der Waals surface area (Å²) >= 11 is 0. The molecule has 0 saturated heterocycles. The van der Waals surface area contributed by atoms with Crippen molar-refractivity contribution in [3.63, 3.8) is 0 Å². The van der Waals surface area contributed by atoms with Crippen LogP contribution in [0.4, 0.5) is 0 Å². The Kier molecular flexibility index (Phi) is 6.88. The molecular formula is C44H32N2OSi. The van der Waals surface area contributed by atoms with Gasteiger partial charge in [-0.15, -0.1) is 0 Å². The second-order valence-electron chi connectivity index (χ2n) is 12.4. The van der Waals surface area contributed by atoms with Gasteiger partial charge < -0.3 is 4.74 Å². The molecule has 48 heavy (non-hydrogen) atoms. The first kappa shape index (κ1) is 28.3. The Labute approximate surface area is 281 Å². The Morgan fingerprint density at radius 2 is 0.979 bits per heavy atom. The molecule has 3 nitrogen and oxygen atoms in total. The molecule has 0 fully saturated rings. The van der Waals surface area contributed by atoms with Gasteiger partial charge in [-0.3, -0.25) is 4.57 Å². The molecule has 2 heterocycles. The average molecular weight is 633 g/mol. The third-order valence-electron chi connectivity index (χ3n) is 9.65. The fourth-order valence-electron chi connectivity index (χ4n) is 7.45. The highest BCUT2D eigenvalue weighted by Crippen LogP contribution is 2.35. The number of rotatable bonds is 6. The van der Waals surface area contributed by atoms with Crippen molar-refractivity contribution < 1.29 is 4.74 Å². The van der Waals surface area contributed by atoms with Gasteiger partial charge in [0.15, 0.2) is 8.07 Å². The maximum Gasteiger partial charge on any atom is 0.302 e. The van der Waals surface area contributed by atoms with Crippen molar-refractivity contribution in [1.29, 1.82) is 0 Å². The van der Waals surface area contributed by atoms with Gasteiger partial charge in [0.05, 0.1) is 16.7 Å². The van der Waals surface area contributed by atoms with Crippen LogP contribution in [0.3, 0.4) is 0 Å². The monoisotopic (exact) mass is 632 g/mol. The molecule has 228 valence electrons. The zero-order valence-electron chi connectivity index (χ0n) is 26.3. The number of imidazole rings is 1. The second kappa shape index (κ2) is 11.7. The van der Waals surface area contributed by atoms with Crippen LogP contribution in [0.1, 0.15) is 5.56 Å². The van der Waals surface area contributed by atoms with Gasteiger partial charge in [0, 0.05) is 5.56 Å². The summed E-state index contributed by atoms with van der Waals surface area (Å²) in [5.74, 6) is 0. The second-order valence-corrected chi connectivity index (χ2v) is 16.2. The molecule has 0 radical (unpaired) electrons. The number of aromatic nitrogens is 2. The summed E-state index contributed by atoms with van der Waals surface area (Å²) in [4.78, 5) is 4.73. The van der Waals surface area contributed by atoms with Gasteiger partial charge in [0.1, 0.15) is 6.61 Å². The van der Waals surface area contributed by atoms with Crippen molar-refractivity contribution in [3.05, 3.63) is 188 Å². The quantitative estimate of drug-likeness (QED) is 0.139. The first-order chi connectivity index (χ1) is 23.8. The van der Waals surface area contributed by atoms with Gasteiger partial charge in [-0.1, -0.05) is 158 Å². The van der Waals surface area contributed by atoms with E-state index in [0.717, 1.165) is 22.3 Å². The Morgan fingerprint density at radius 3 is 1.65 bits per heavy atom. The first-order valence-electron chi connectivity index (χ1n) is 16.4. The van der Waals surface area contributed by atoms with Crippen LogP contribution >= 0.6 is 0 Å². The summed E-state index contributed by atoms with van der Waals surface area (Å²) in [5, 5.41) is 5.42. The molecule has 1 aliphatic rings. The SMILES string of the molecule is c1ccc(-c2cccc([Si](c3ccccc3)(c3ccccc3)c3cccc(-c4ccc5c(c4)COc4nc6ccccc6n4-5)c3)c2)cc1. The summed E-state index contributed by atoms with van der Waals surface area (Å²) in [6.45, 7) is 0.491. The van der Waals surface area contributed by atoms with Crippen LogP contribution in [-0.4, -0.2) is 17.6 Å². The van der Waals surface area contributed by atoms with Crippen LogP contribution in [0.5, 0.6) is 6.01 Å². The summed E-state index contributed by atoms with van der Waals surface area (Å²) in [7, 11) is -2.76. The largest absolute Gasteiger partial charge is 0.459 e. The highest BCUT2D eigenvalue weighted by Gasteiger charge is 2.41. The van der Waals surface area contributed by atoms with Crippen molar-refractivity contribution >= 4 is 39.9 Å². The van der Waals surface area contributed by atoms with Gasteiger partial charge in [0.2, 0.25) is 0 Å². The van der Waals surface area contributed by atoms with Crippen LogP contribution in [-0.2, 0) is 6.61 Å². The van der Waals surface area contributed by atoms with Crippen LogP contribution in [0, 0.1) is 0 Å². The highest BCUT2D eigenvalue weighted by molar-refractivity contribution is 7.20. The summed E-state index contributed by atoms with van der Waals surface area (Å²) in [6.07, 6.45) is 0. The van der Waals surface area contributed by atoms with Crippen LogP contribution in [0.2, 0.25) is 0 Å². The molecule has 7 aromatic carbocycles. The molecule has 9 rings (SSSR count). The van der Waals surface area contributed by atoms with E-state index in [-0.39, 0.29) is 0 Å². The lowest BCUT2D eigenvalue weighted by Gasteiger charge is -2.35. The fourth-order valence-corrected chi connectivity index (χ4v) is 12.3. The van der Waals surface area contributed by atoms with E-state index in [1.807, 2.05) is 12.1 Å². The standard InChI is InChI=1S/C44H32N2OSi/c1-4-14-32(15-5-1)33-16-12-22-39(29-33)48(37-18-6-2-7-19-37,38-20-8-3-9-21-38)40-23-13-17-34(30-40)35-26-27-42-36(28-35)31-47-44-45-41-24-10-11-25-43(41)46(42)44/h1-30H,31H2. The first-order valence-corrected chi connectivity index (χ1v) is 18.4. The van der Waals surface area contributed by atoms with Gasteiger partial charge in [-0.25, -0.2) is 0 Å². The van der Waals surface area contributed by atoms with Crippen molar-refractivity contribution in [2.24, 2.45) is 0 Å². The Balaban J connectivity index is 1.24. The van der Waals surface area contributed by atoms with Crippen molar-refractivity contribution in [2.45, 2.75) is 6.61 Å². The van der Waals surface area contributed by atoms with Gasteiger partial charge in [0.25, 0.3) is 0 Å². The predicted molar refractivity (Wildman–Crippen MR) is 200 cm³/mol. The van der Waals surface area contributed by atoms with Crippen LogP contribution < -0.4 is 25.5 Å². The molecule has 1 aliphatic heterocycles. The Hall–Kier alpha value is -5.97. The minimum absolute atomic E-state index is 0.491. The van der Waals surface area contributed by atoms with Gasteiger partial charge in [-0.05, 0) is 67.3 Å². The number of fused-ring (bicyclic) bond motifs is 5. The number of ether oxygens (including phenoxy) is 1. The van der Waals surface area contributed by atoms with E-state index < -0.39 is 8.07 Å². The summed E-state index contributed by atoms with van der Waals surface area (Å²) < 4.78 is 8.32. The molecule has 4 heteroatoms. The lowest BCUT2D eigenvalue weighted by Crippen LogP contribution is -2.74. The van der Waals surface area contributed by atoms with E-state index in [4.69, 9.17) is 9.72 Å². The van der Waals surface area contributed by atoms with E-state index in [1.54, 1.807) is 0 Å². The molecule has 0 spiro atoms. The van der Waals surface area contributed by atoms with E-state index in [9.17, 15) is 0 Å². The molecule has 0 aliphatic carbocycles. The normalized spacial score (nSPS) is 12.2. The molecule has 0 unspecified atom stereocenters. The lowest BCUT2D eigenvalue weighted by molar-refractivity contribution is 0.266. The summed E-state index contributed by atoms with van der Waals surface area (Å²) in [6, 6.07) is 67.1. The smallest absolute Gasteiger partial charge is 0.302 e. The minimum atomic E-state index is -2.76. The number of para-hydroxylation sites is 2. The molecular weight excluding hydrogens is 601 g/mol. The fraction of sp³-hybridized carbons (Fsp3) is 0.0227. The van der Waals surface area contributed by atoms with E-state index >= 15 is 0 Å². The number of hydrogen-bond acceptors (Lipinski definition) is 2. The van der Waals surface area contributed by atoms with Crippen LogP contribution in [0.25, 0.3) is 39.0 Å². The number of benzene rings is 7. The van der Waals surface area contributed by atoms with Crippen LogP contribution in [0.15, 0.2) is 182 Å². The Morgan fingerprint density at radius 1 is 0.458 bits per heavy atom. The third kappa shape index (κ3) is 4.61. The van der Waals surface area contributed by atoms with E-state index in [1.165, 1.54) is 43.0 Å². The van der Waals surface area contributed by atoms with Crippen molar-refractivity contribution in [3.8, 4) is 34.0 Å². The lowest BCUT2D eigenvalue weighted by atomic mass is 10.0. The third-order valence-corrected chi connectivity index (χ3v) is 14.4.